The van der Waals surface area contributed by atoms with Gasteiger partial charge in [-0.05, 0) is 24.3 Å². The fourth-order valence-electron chi connectivity index (χ4n) is 1.83. The number of hydrogen-bond donors (Lipinski definition) is 0. The standard InChI is InChI=1S/C11H10ClN3S/c1-7-6-15-10(13-14-11(15)16-7)8-2-4-9(12)5-3-8/h2-5,7H,6H2,1H3/t7-/m0/s1. The smallest absolute Gasteiger partial charge is 0.191 e. The van der Waals surface area contributed by atoms with Gasteiger partial charge in [-0.15, -0.1) is 10.2 Å². The van der Waals surface area contributed by atoms with E-state index in [0.29, 0.717) is 5.25 Å². The predicted octanol–water partition coefficient (Wildman–Crippen LogP) is 3.09. The zero-order chi connectivity index (χ0) is 11.1. The molecule has 0 saturated carbocycles. The van der Waals surface area contributed by atoms with Gasteiger partial charge < -0.3 is 4.57 Å². The first-order valence-electron chi connectivity index (χ1n) is 5.10. The molecule has 1 atom stereocenters. The molecule has 0 unspecified atom stereocenters. The van der Waals surface area contributed by atoms with E-state index in [2.05, 4.69) is 21.7 Å². The zero-order valence-electron chi connectivity index (χ0n) is 8.72. The highest BCUT2D eigenvalue weighted by molar-refractivity contribution is 7.99. The van der Waals surface area contributed by atoms with Gasteiger partial charge in [0.1, 0.15) is 0 Å². The first-order valence-corrected chi connectivity index (χ1v) is 6.35. The van der Waals surface area contributed by atoms with Crippen molar-refractivity contribution in [1.82, 2.24) is 14.8 Å². The molecule has 0 fully saturated rings. The lowest BCUT2D eigenvalue weighted by molar-refractivity contribution is 0.675. The third-order valence-electron chi connectivity index (χ3n) is 2.57. The Morgan fingerprint density at radius 2 is 2.06 bits per heavy atom. The topological polar surface area (TPSA) is 30.7 Å². The van der Waals surface area contributed by atoms with Crippen molar-refractivity contribution in [2.75, 3.05) is 0 Å². The third-order valence-corrected chi connectivity index (χ3v) is 3.88. The van der Waals surface area contributed by atoms with Gasteiger partial charge in [-0.25, -0.2) is 0 Å². The number of fused-ring (bicyclic) bond motifs is 1. The molecular formula is C11H10ClN3S. The van der Waals surface area contributed by atoms with Crippen LogP contribution in [-0.4, -0.2) is 20.0 Å². The van der Waals surface area contributed by atoms with Crippen molar-refractivity contribution in [1.29, 1.82) is 0 Å². The van der Waals surface area contributed by atoms with E-state index in [1.54, 1.807) is 11.8 Å². The predicted molar refractivity (Wildman–Crippen MR) is 65.8 cm³/mol. The van der Waals surface area contributed by atoms with Crippen LogP contribution in [0.25, 0.3) is 11.4 Å². The van der Waals surface area contributed by atoms with E-state index in [1.807, 2.05) is 24.3 Å². The summed E-state index contributed by atoms with van der Waals surface area (Å²) in [6.45, 7) is 3.18. The van der Waals surface area contributed by atoms with Gasteiger partial charge in [0.05, 0.1) is 0 Å². The van der Waals surface area contributed by atoms with E-state index in [4.69, 9.17) is 11.6 Å². The summed E-state index contributed by atoms with van der Waals surface area (Å²) in [5.74, 6) is 0.934. The molecule has 5 heteroatoms. The van der Waals surface area contributed by atoms with Crippen molar-refractivity contribution in [3.8, 4) is 11.4 Å². The van der Waals surface area contributed by atoms with Crippen LogP contribution in [0, 0.1) is 0 Å². The molecule has 2 heterocycles. The Morgan fingerprint density at radius 3 is 2.81 bits per heavy atom. The highest BCUT2D eigenvalue weighted by Crippen LogP contribution is 2.34. The minimum Gasteiger partial charge on any atom is -0.301 e. The van der Waals surface area contributed by atoms with Crippen LogP contribution in [-0.2, 0) is 6.54 Å². The normalized spacial score (nSPS) is 18.8. The summed E-state index contributed by atoms with van der Waals surface area (Å²) in [6.07, 6.45) is 0. The second kappa shape index (κ2) is 3.79. The molecule has 16 heavy (non-hydrogen) atoms. The molecule has 82 valence electrons. The van der Waals surface area contributed by atoms with Gasteiger partial charge >= 0.3 is 0 Å². The Bertz CT molecular complexity index is 521. The fraction of sp³-hybridized carbons (Fsp3) is 0.273. The summed E-state index contributed by atoms with van der Waals surface area (Å²) < 4.78 is 2.17. The second-order valence-electron chi connectivity index (χ2n) is 3.85. The number of benzene rings is 1. The lowest BCUT2D eigenvalue weighted by Crippen LogP contribution is -2.02. The average Bonchev–Trinajstić information content (AvgIpc) is 2.78. The maximum atomic E-state index is 5.87. The Kier molecular flexibility index (Phi) is 2.41. The fourth-order valence-corrected chi connectivity index (χ4v) is 2.91. The first kappa shape index (κ1) is 10.2. The number of nitrogens with zero attached hydrogens (tertiary/aromatic N) is 3. The van der Waals surface area contributed by atoms with E-state index in [1.165, 1.54) is 0 Å². The summed E-state index contributed by atoms with van der Waals surface area (Å²) in [5.41, 5.74) is 1.07. The van der Waals surface area contributed by atoms with Gasteiger partial charge in [0.15, 0.2) is 11.0 Å². The molecule has 0 radical (unpaired) electrons. The van der Waals surface area contributed by atoms with Crippen molar-refractivity contribution in [2.24, 2.45) is 0 Å². The second-order valence-corrected chi connectivity index (χ2v) is 5.69. The van der Waals surface area contributed by atoms with E-state index in [9.17, 15) is 0 Å². The maximum Gasteiger partial charge on any atom is 0.191 e. The van der Waals surface area contributed by atoms with Gasteiger partial charge in [-0.2, -0.15) is 0 Å². The summed E-state index contributed by atoms with van der Waals surface area (Å²) in [7, 11) is 0. The molecule has 0 aliphatic carbocycles. The van der Waals surface area contributed by atoms with Gasteiger partial charge in [0, 0.05) is 22.4 Å². The zero-order valence-corrected chi connectivity index (χ0v) is 10.3. The maximum absolute atomic E-state index is 5.87. The van der Waals surface area contributed by atoms with Crippen LogP contribution >= 0.6 is 23.4 Å². The van der Waals surface area contributed by atoms with Crippen molar-refractivity contribution < 1.29 is 0 Å². The molecule has 1 aliphatic heterocycles. The van der Waals surface area contributed by atoms with E-state index in [0.717, 1.165) is 28.1 Å². The van der Waals surface area contributed by atoms with Crippen LogP contribution in [0.1, 0.15) is 6.92 Å². The number of aromatic nitrogens is 3. The van der Waals surface area contributed by atoms with E-state index >= 15 is 0 Å². The Morgan fingerprint density at radius 1 is 1.31 bits per heavy atom. The van der Waals surface area contributed by atoms with E-state index in [-0.39, 0.29) is 0 Å². The first-order chi connectivity index (χ1) is 7.74. The molecule has 1 aliphatic rings. The van der Waals surface area contributed by atoms with Crippen LogP contribution in [0.4, 0.5) is 0 Å². The molecule has 2 aromatic rings. The minimum atomic E-state index is 0.580. The third kappa shape index (κ3) is 1.62. The Hall–Kier alpha value is -1.000. The molecule has 0 saturated heterocycles. The van der Waals surface area contributed by atoms with Gasteiger partial charge in [0.25, 0.3) is 0 Å². The quantitative estimate of drug-likeness (QED) is 0.780. The van der Waals surface area contributed by atoms with E-state index < -0.39 is 0 Å². The highest BCUT2D eigenvalue weighted by Gasteiger charge is 2.24. The molecule has 0 amide bonds. The molecule has 0 bridgehead atoms. The summed E-state index contributed by atoms with van der Waals surface area (Å²) in [5, 5.41) is 10.7. The molecule has 0 spiro atoms. The summed E-state index contributed by atoms with van der Waals surface area (Å²) in [4.78, 5) is 0. The van der Waals surface area contributed by atoms with Crippen LogP contribution in [0.3, 0.4) is 0 Å². The number of thioether (sulfide) groups is 1. The molecular weight excluding hydrogens is 242 g/mol. The minimum absolute atomic E-state index is 0.580. The summed E-state index contributed by atoms with van der Waals surface area (Å²) in [6, 6.07) is 7.72. The average molecular weight is 252 g/mol. The van der Waals surface area contributed by atoms with Crippen LogP contribution in [0.5, 0.6) is 0 Å². The SMILES string of the molecule is C[C@H]1Cn2c(nnc2-c2ccc(Cl)cc2)S1. The summed E-state index contributed by atoms with van der Waals surface area (Å²) >= 11 is 7.64. The van der Waals surface area contributed by atoms with Crippen LogP contribution < -0.4 is 0 Å². The number of rotatable bonds is 1. The number of hydrogen-bond acceptors (Lipinski definition) is 3. The lowest BCUT2D eigenvalue weighted by atomic mass is 10.2. The largest absolute Gasteiger partial charge is 0.301 e. The highest BCUT2D eigenvalue weighted by atomic mass is 35.5. The van der Waals surface area contributed by atoms with Crippen molar-refractivity contribution in [2.45, 2.75) is 23.9 Å². The van der Waals surface area contributed by atoms with Crippen molar-refractivity contribution in [3.05, 3.63) is 29.3 Å². The van der Waals surface area contributed by atoms with Gasteiger partial charge in [0.2, 0.25) is 0 Å². The van der Waals surface area contributed by atoms with Gasteiger partial charge in [-0.3, -0.25) is 0 Å². The molecule has 3 rings (SSSR count). The molecule has 3 nitrogen and oxygen atoms in total. The Balaban J connectivity index is 2.05. The number of halogens is 1. The van der Waals surface area contributed by atoms with Crippen LogP contribution in [0.15, 0.2) is 29.4 Å². The Labute approximate surface area is 103 Å². The molecule has 0 N–H and O–H groups in total. The lowest BCUT2D eigenvalue weighted by Gasteiger charge is -2.03. The van der Waals surface area contributed by atoms with Crippen molar-refractivity contribution in [3.63, 3.8) is 0 Å². The molecule has 1 aromatic heterocycles. The van der Waals surface area contributed by atoms with Crippen molar-refractivity contribution >= 4 is 23.4 Å². The molecule has 1 aromatic carbocycles. The monoisotopic (exact) mass is 251 g/mol. The van der Waals surface area contributed by atoms with Gasteiger partial charge in [-0.1, -0.05) is 30.3 Å². The van der Waals surface area contributed by atoms with Crippen LogP contribution in [0.2, 0.25) is 5.02 Å².